The lowest BCUT2D eigenvalue weighted by atomic mass is 9.93. The highest BCUT2D eigenvalue weighted by atomic mass is 32.1. The number of thiazole rings is 1. The fraction of sp³-hybridized carbons (Fsp3) is 0.550. The number of fused-ring (bicyclic) bond motifs is 1. The molecule has 4 atom stereocenters. The third kappa shape index (κ3) is 7.42. The summed E-state index contributed by atoms with van der Waals surface area (Å²) >= 11 is 0.944. The molecule has 2 aromatic heterocycles. The number of hydrogen-bond donors (Lipinski definition) is 7. The summed E-state index contributed by atoms with van der Waals surface area (Å²) < 4.78 is 7.68. The average Bonchev–Trinajstić information content (AvgIpc) is 3.29. The van der Waals surface area contributed by atoms with Gasteiger partial charge in [-0.3, -0.25) is 23.7 Å². The lowest BCUT2D eigenvalue weighted by molar-refractivity contribution is -0.170. The van der Waals surface area contributed by atoms with Crippen LogP contribution in [0.1, 0.15) is 45.3 Å². The highest BCUT2D eigenvalue weighted by Gasteiger charge is 2.41. The summed E-state index contributed by atoms with van der Waals surface area (Å²) in [4.78, 5) is 61.3. The third-order valence-corrected chi connectivity index (χ3v) is 6.40. The van der Waals surface area contributed by atoms with Crippen molar-refractivity contribution in [2.45, 2.75) is 63.1 Å². The number of nitrogens with two attached hydrogens (primary N) is 1. The molecule has 0 spiro atoms. The first-order valence-corrected chi connectivity index (χ1v) is 11.6. The van der Waals surface area contributed by atoms with E-state index in [1.807, 2.05) is 6.92 Å². The Morgan fingerprint density at radius 2 is 1.78 bits per heavy atom. The molecule has 1 aliphatic rings. The molecule has 0 amide bonds. The Bertz CT molecular complexity index is 1210. The molecule has 0 bridgehead atoms. The second kappa shape index (κ2) is 12.0. The molecule has 1 fully saturated rings. The van der Waals surface area contributed by atoms with Crippen LogP contribution in [0.25, 0.3) is 10.3 Å². The highest BCUT2D eigenvalue weighted by Crippen LogP contribution is 2.36. The molecule has 0 aliphatic carbocycles. The van der Waals surface area contributed by atoms with Gasteiger partial charge in [0.25, 0.3) is 0 Å². The molecule has 2 aromatic rings. The Hall–Kier alpha value is -3.67. The topological polar surface area (TPSA) is 273 Å². The van der Waals surface area contributed by atoms with Crippen molar-refractivity contribution >= 4 is 51.5 Å². The molecular formula is C20H26N4O12S. The zero-order chi connectivity index (χ0) is 28.1. The summed E-state index contributed by atoms with van der Waals surface area (Å²) in [6.07, 6.45) is -2.28. The van der Waals surface area contributed by atoms with E-state index in [1.165, 1.54) is 10.8 Å². The standard InChI is InChI=1S/C14H18N4O5S.C6H8O7/c1-2-6(3-10(20)21)8-4-7(19)12(23-8)18-11-9(24-14(18)22)5-16-13(15)17-11;7-3(8)1-6(13,5(11)12)2-4(9)10/h5-8,12,19H,2-4H2,1H3,(H,20,21)(H2,15,16,17);13H,1-2H2,(H,7,8)(H,9,10)(H,11,12)/t6-,7+,8-,12+;/m0./s1. The number of anilines is 1. The first-order chi connectivity index (χ1) is 17.2. The molecular weight excluding hydrogens is 520 g/mol. The van der Waals surface area contributed by atoms with Gasteiger partial charge in [-0.15, -0.1) is 0 Å². The summed E-state index contributed by atoms with van der Waals surface area (Å²) in [6, 6.07) is 0. The van der Waals surface area contributed by atoms with Crippen molar-refractivity contribution in [1.29, 1.82) is 0 Å². The Balaban J connectivity index is 0.000000317. The van der Waals surface area contributed by atoms with Gasteiger partial charge in [-0.05, 0) is 5.92 Å². The second-order valence-corrected chi connectivity index (χ2v) is 9.26. The number of aliphatic carboxylic acids is 4. The average molecular weight is 547 g/mol. The Kier molecular flexibility index (Phi) is 9.62. The van der Waals surface area contributed by atoms with Crippen LogP contribution < -0.4 is 10.6 Å². The van der Waals surface area contributed by atoms with Crippen LogP contribution in [0.15, 0.2) is 11.0 Å². The maximum atomic E-state index is 12.3. The van der Waals surface area contributed by atoms with Gasteiger partial charge in [-0.1, -0.05) is 24.7 Å². The number of ether oxygens (including phenoxy) is 1. The van der Waals surface area contributed by atoms with Gasteiger partial charge in [-0.25, -0.2) is 9.78 Å². The lowest BCUT2D eigenvalue weighted by Crippen LogP contribution is -2.42. The van der Waals surface area contributed by atoms with Crippen molar-refractivity contribution in [2.75, 3.05) is 5.73 Å². The molecule has 0 unspecified atom stereocenters. The molecule has 0 saturated carbocycles. The number of carboxylic acids is 4. The molecule has 3 rings (SSSR count). The van der Waals surface area contributed by atoms with E-state index in [-0.39, 0.29) is 29.6 Å². The van der Waals surface area contributed by atoms with Crippen molar-refractivity contribution in [2.24, 2.45) is 5.92 Å². The number of aliphatic hydroxyl groups is 2. The van der Waals surface area contributed by atoms with Crippen molar-refractivity contribution in [3.8, 4) is 0 Å². The van der Waals surface area contributed by atoms with Crippen molar-refractivity contribution < 1.29 is 54.6 Å². The monoisotopic (exact) mass is 546 g/mol. The maximum absolute atomic E-state index is 12.3. The van der Waals surface area contributed by atoms with E-state index in [1.54, 1.807) is 0 Å². The van der Waals surface area contributed by atoms with Crippen molar-refractivity contribution in [3.05, 3.63) is 15.9 Å². The predicted molar refractivity (Wildman–Crippen MR) is 124 cm³/mol. The van der Waals surface area contributed by atoms with Gasteiger partial charge < -0.3 is 41.1 Å². The Labute approximate surface area is 211 Å². The lowest BCUT2D eigenvalue weighted by Gasteiger charge is -2.21. The zero-order valence-electron chi connectivity index (χ0n) is 19.4. The number of carbonyl (C=O) groups is 4. The second-order valence-electron chi connectivity index (χ2n) is 8.27. The molecule has 1 aliphatic heterocycles. The van der Waals surface area contributed by atoms with E-state index in [2.05, 4.69) is 9.97 Å². The number of carboxylic acid groups (broad SMARTS) is 4. The molecule has 37 heavy (non-hydrogen) atoms. The quantitative estimate of drug-likeness (QED) is 0.195. The highest BCUT2D eigenvalue weighted by molar-refractivity contribution is 7.16. The van der Waals surface area contributed by atoms with Gasteiger partial charge in [0.1, 0.15) is 6.10 Å². The fourth-order valence-corrected chi connectivity index (χ4v) is 4.58. The summed E-state index contributed by atoms with van der Waals surface area (Å²) in [5.41, 5.74) is 3.16. The van der Waals surface area contributed by atoms with Crippen LogP contribution in [0, 0.1) is 5.92 Å². The SMILES string of the molecule is CC[C@@H](CC(=O)O)[C@@H]1C[C@@H](O)[C@H](n2c(=O)sc3cnc(N)nc32)O1.O=C(O)CC(O)(CC(=O)O)C(=O)O. The molecule has 1 saturated heterocycles. The van der Waals surface area contributed by atoms with Crippen LogP contribution in [0.4, 0.5) is 5.95 Å². The number of aromatic nitrogens is 3. The minimum absolute atomic E-state index is 0.0235. The number of hydrogen-bond acceptors (Lipinski definition) is 12. The van der Waals surface area contributed by atoms with Crippen LogP contribution in [-0.2, 0) is 23.9 Å². The smallest absolute Gasteiger partial charge is 0.336 e. The van der Waals surface area contributed by atoms with E-state index in [4.69, 9.17) is 36.0 Å². The van der Waals surface area contributed by atoms with Crippen LogP contribution in [0.2, 0.25) is 0 Å². The molecule has 17 heteroatoms. The van der Waals surface area contributed by atoms with E-state index in [0.717, 1.165) is 11.3 Å². The first kappa shape index (κ1) is 29.6. The summed E-state index contributed by atoms with van der Waals surface area (Å²) in [5.74, 6) is -6.14. The number of rotatable bonds is 10. The fourth-order valence-electron chi connectivity index (χ4n) is 3.77. The minimum Gasteiger partial charge on any atom is -0.481 e. The number of aliphatic hydroxyl groups excluding tert-OH is 1. The van der Waals surface area contributed by atoms with Gasteiger partial charge in [0.15, 0.2) is 17.5 Å². The zero-order valence-corrected chi connectivity index (χ0v) is 20.2. The largest absolute Gasteiger partial charge is 0.481 e. The van der Waals surface area contributed by atoms with Crippen LogP contribution in [-0.4, -0.2) is 86.9 Å². The van der Waals surface area contributed by atoms with Crippen molar-refractivity contribution in [1.82, 2.24) is 14.5 Å². The van der Waals surface area contributed by atoms with E-state index in [0.29, 0.717) is 16.8 Å². The van der Waals surface area contributed by atoms with Crippen LogP contribution in [0.3, 0.4) is 0 Å². The summed E-state index contributed by atoms with van der Waals surface area (Å²) in [7, 11) is 0. The number of nitrogen functional groups attached to an aromatic ring is 1. The molecule has 3 heterocycles. The summed E-state index contributed by atoms with van der Waals surface area (Å²) in [5, 5.41) is 53.2. The van der Waals surface area contributed by atoms with Crippen molar-refractivity contribution in [3.63, 3.8) is 0 Å². The molecule has 8 N–H and O–H groups in total. The van der Waals surface area contributed by atoms with Gasteiger partial charge in [0, 0.05) is 6.42 Å². The Morgan fingerprint density at radius 1 is 1.19 bits per heavy atom. The summed E-state index contributed by atoms with van der Waals surface area (Å²) in [6.45, 7) is 1.87. The van der Waals surface area contributed by atoms with E-state index < -0.39 is 60.8 Å². The van der Waals surface area contributed by atoms with Gasteiger partial charge in [0.2, 0.25) is 5.95 Å². The predicted octanol–water partition coefficient (Wildman–Crippen LogP) is -0.664. The normalized spacial score (nSPS) is 20.1. The molecule has 0 aromatic carbocycles. The van der Waals surface area contributed by atoms with Gasteiger partial charge in [-0.2, -0.15) is 4.98 Å². The number of nitrogens with zero attached hydrogens (tertiary/aromatic N) is 3. The maximum Gasteiger partial charge on any atom is 0.336 e. The Morgan fingerprint density at radius 3 is 2.27 bits per heavy atom. The molecule has 0 radical (unpaired) electrons. The minimum atomic E-state index is -2.74. The van der Waals surface area contributed by atoms with Crippen LogP contribution >= 0.6 is 11.3 Å². The van der Waals surface area contributed by atoms with E-state index >= 15 is 0 Å². The first-order valence-electron chi connectivity index (χ1n) is 10.8. The van der Waals surface area contributed by atoms with Gasteiger partial charge in [0.05, 0.1) is 36.3 Å². The van der Waals surface area contributed by atoms with E-state index in [9.17, 15) is 29.1 Å². The molecule has 16 nitrogen and oxygen atoms in total. The van der Waals surface area contributed by atoms with Gasteiger partial charge >= 0.3 is 28.8 Å². The third-order valence-electron chi connectivity index (χ3n) is 5.52. The van der Waals surface area contributed by atoms with Crippen LogP contribution in [0.5, 0.6) is 0 Å². The molecule has 204 valence electrons.